The largest absolute Gasteiger partial charge is 0.481 e. The molecule has 0 bridgehead atoms. The minimum Gasteiger partial charge on any atom is -0.481 e. The first-order chi connectivity index (χ1) is 17.8. The number of amides is 1. The van der Waals surface area contributed by atoms with Crippen LogP contribution in [-0.4, -0.2) is 70.1 Å². The lowest BCUT2D eigenvalue weighted by molar-refractivity contribution is -0.140. The molecule has 1 aliphatic carbocycles. The van der Waals surface area contributed by atoms with Gasteiger partial charge in [-0.1, -0.05) is 12.8 Å². The van der Waals surface area contributed by atoms with Gasteiger partial charge in [0.1, 0.15) is 5.84 Å². The number of nitrogens with zero attached hydrogens (tertiary/aromatic N) is 4. The number of amidine groups is 2. The Morgan fingerprint density at radius 1 is 1.26 bits per heavy atom. The second-order valence-corrected chi connectivity index (χ2v) is 9.61. The van der Waals surface area contributed by atoms with E-state index in [0.29, 0.717) is 25.8 Å². The summed E-state index contributed by atoms with van der Waals surface area (Å²) in [7, 11) is 0. The van der Waals surface area contributed by atoms with Crippen LogP contribution < -0.4 is 11.1 Å². The summed E-state index contributed by atoms with van der Waals surface area (Å²) < 4.78 is 67.6. The van der Waals surface area contributed by atoms with Crippen LogP contribution in [0.25, 0.3) is 0 Å². The minimum absolute atomic E-state index is 0.0426. The van der Waals surface area contributed by atoms with E-state index < -0.39 is 60.2 Å². The van der Waals surface area contributed by atoms with E-state index in [2.05, 4.69) is 20.3 Å². The number of likely N-dealkylation sites (tertiary alicyclic amines) is 1. The lowest BCUT2D eigenvalue weighted by Gasteiger charge is -2.33. The lowest BCUT2D eigenvalue weighted by atomic mass is 10.1. The minimum atomic E-state index is -4.75. The number of pyridine rings is 1. The standard InChI is InChI=1S/C24H31F5N6O3/c25-23(26)9-4-11-35(14-23)12-8-16(13-18(36)37)32-22(38)20(30)34-21(15-5-1-2-6-15)33-17-7-3-10-31-19(17)24(27,28)29/h3,7,10,15-16H,1-2,4-6,8-9,11-14H2,(H,32,38)(H,36,37)(H2,30,33,34). The number of piperidine rings is 1. The number of aliphatic carboxylic acids is 1. The third-order valence-corrected chi connectivity index (χ3v) is 6.50. The van der Waals surface area contributed by atoms with Crippen LogP contribution in [0.2, 0.25) is 0 Å². The van der Waals surface area contributed by atoms with Crippen LogP contribution in [0.3, 0.4) is 0 Å². The van der Waals surface area contributed by atoms with E-state index in [1.165, 1.54) is 11.0 Å². The Kier molecular flexibility index (Phi) is 9.74. The van der Waals surface area contributed by atoms with Crippen LogP contribution in [0.1, 0.15) is 57.1 Å². The van der Waals surface area contributed by atoms with Gasteiger partial charge in [-0.05, 0) is 44.4 Å². The molecule has 3 rings (SSSR count). The molecule has 0 radical (unpaired) electrons. The molecule has 1 saturated heterocycles. The van der Waals surface area contributed by atoms with Gasteiger partial charge in [0, 0.05) is 31.1 Å². The van der Waals surface area contributed by atoms with Crippen molar-refractivity contribution in [2.45, 2.75) is 69.5 Å². The van der Waals surface area contributed by atoms with Gasteiger partial charge in [-0.3, -0.25) is 14.5 Å². The van der Waals surface area contributed by atoms with Gasteiger partial charge in [-0.2, -0.15) is 13.2 Å². The Hall–Kier alpha value is -3.16. The molecule has 9 nitrogen and oxygen atoms in total. The number of aliphatic imine (C=N–C) groups is 2. The van der Waals surface area contributed by atoms with Gasteiger partial charge in [-0.15, -0.1) is 0 Å². The topological polar surface area (TPSA) is 133 Å². The van der Waals surface area contributed by atoms with Gasteiger partial charge >= 0.3 is 12.1 Å². The summed E-state index contributed by atoms with van der Waals surface area (Å²) in [5, 5.41) is 11.7. The molecule has 2 aliphatic rings. The molecule has 1 aliphatic heterocycles. The predicted octanol–water partition coefficient (Wildman–Crippen LogP) is 3.76. The Bertz CT molecular complexity index is 1060. The number of aromatic nitrogens is 1. The number of hydrogen-bond acceptors (Lipinski definition) is 5. The van der Waals surface area contributed by atoms with Crippen LogP contribution in [0.5, 0.6) is 0 Å². The maximum absolute atomic E-state index is 13.7. The molecular weight excluding hydrogens is 515 g/mol. The third kappa shape index (κ3) is 8.71. The van der Waals surface area contributed by atoms with Gasteiger partial charge < -0.3 is 16.2 Å². The molecule has 1 aromatic rings. The third-order valence-electron chi connectivity index (χ3n) is 6.50. The molecule has 1 unspecified atom stereocenters. The van der Waals surface area contributed by atoms with Crippen molar-refractivity contribution in [3.63, 3.8) is 0 Å². The van der Waals surface area contributed by atoms with Crippen molar-refractivity contribution in [2.75, 3.05) is 19.6 Å². The molecule has 0 spiro atoms. The van der Waals surface area contributed by atoms with Crippen molar-refractivity contribution in [3.8, 4) is 0 Å². The Morgan fingerprint density at radius 3 is 2.61 bits per heavy atom. The number of halogens is 5. The average molecular weight is 547 g/mol. The molecule has 0 aromatic carbocycles. The fourth-order valence-electron chi connectivity index (χ4n) is 4.67. The Balaban J connectivity index is 1.77. The van der Waals surface area contributed by atoms with Crippen LogP contribution >= 0.6 is 0 Å². The molecule has 210 valence electrons. The summed E-state index contributed by atoms with van der Waals surface area (Å²) in [4.78, 5) is 37.1. The van der Waals surface area contributed by atoms with Crippen molar-refractivity contribution in [1.29, 1.82) is 0 Å². The highest BCUT2D eigenvalue weighted by Gasteiger charge is 2.36. The van der Waals surface area contributed by atoms with Crippen LogP contribution in [0.4, 0.5) is 27.6 Å². The van der Waals surface area contributed by atoms with Gasteiger partial charge in [0.2, 0.25) is 0 Å². The Morgan fingerprint density at radius 2 is 1.97 bits per heavy atom. The van der Waals surface area contributed by atoms with E-state index in [1.807, 2.05) is 0 Å². The number of alkyl halides is 5. The van der Waals surface area contributed by atoms with E-state index in [-0.39, 0.29) is 31.1 Å². The van der Waals surface area contributed by atoms with Crippen molar-refractivity contribution in [3.05, 3.63) is 24.0 Å². The van der Waals surface area contributed by atoms with E-state index in [4.69, 9.17) is 5.73 Å². The van der Waals surface area contributed by atoms with Gasteiger partial charge in [0.05, 0.1) is 18.7 Å². The maximum atomic E-state index is 13.7. The summed E-state index contributed by atoms with van der Waals surface area (Å²) >= 11 is 0. The monoisotopic (exact) mass is 546 g/mol. The molecule has 1 amide bonds. The highest BCUT2D eigenvalue weighted by Crippen LogP contribution is 2.36. The first kappa shape index (κ1) is 29.4. The van der Waals surface area contributed by atoms with Crippen LogP contribution in [-0.2, 0) is 15.8 Å². The zero-order valence-corrected chi connectivity index (χ0v) is 20.7. The van der Waals surface area contributed by atoms with Crippen molar-refractivity contribution in [2.24, 2.45) is 21.6 Å². The fourth-order valence-corrected chi connectivity index (χ4v) is 4.67. The predicted molar refractivity (Wildman–Crippen MR) is 129 cm³/mol. The Labute approximate surface area is 216 Å². The van der Waals surface area contributed by atoms with Gasteiger partial charge in [0.25, 0.3) is 11.8 Å². The summed E-state index contributed by atoms with van der Waals surface area (Å²) in [5.41, 5.74) is 4.23. The first-order valence-corrected chi connectivity index (χ1v) is 12.4. The molecule has 2 fully saturated rings. The average Bonchev–Trinajstić information content (AvgIpc) is 3.36. The summed E-state index contributed by atoms with van der Waals surface area (Å²) in [5.74, 6) is -5.91. The van der Waals surface area contributed by atoms with Crippen LogP contribution in [0, 0.1) is 5.92 Å². The van der Waals surface area contributed by atoms with E-state index in [0.717, 1.165) is 25.1 Å². The fraction of sp³-hybridized carbons (Fsp3) is 0.625. The molecule has 1 atom stereocenters. The van der Waals surface area contributed by atoms with Gasteiger partial charge in [-0.25, -0.2) is 23.7 Å². The summed E-state index contributed by atoms with van der Waals surface area (Å²) in [6.07, 6.45) is -1.25. The van der Waals surface area contributed by atoms with E-state index >= 15 is 0 Å². The number of nitrogens with two attached hydrogens (primary N) is 1. The van der Waals surface area contributed by atoms with E-state index in [1.54, 1.807) is 0 Å². The number of carbonyl (C=O) groups excluding carboxylic acids is 1. The number of rotatable bonds is 8. The highest BCUT2D eigenvalue weighted by molar-refractivity contribution is 6.39. The first-order valence-electron chi connectivity index (χ1n) is 12.4. The summed E-state index contributed by atoms with van der Waals surface area (Å²) in [6.45, 7) is 0.128. The zero-order valence-electron chi connectivity index (χ0n) is 20.7. The van der Waals surface area contributed by atoms with Crippen molar-refractivity contribution < 1.29 is 36.6 Å². The summed E-state index contributed by atoms with van der Waals surface area (Å²) in [6, 6.07) is 1.52. The van der Waals surface area contributed by atoms with E-state index in [9.17, 15) is 36.6 Å². The normalized spacial score (nSPS) is 20.3. The molecule has 4 N–H and O–H groups in total. The SMILES string of the molecule is NC(=NC(=Nc1cccnc1C(F)(F)F)C1CCCC1)C(=O)NC(CCN1CCCC(F)(F)C1)CC(=O)O. The number of carbonyl (C=O) groups is 2. The molecule has 2 heterocycles. The van der Waals surface area contributed by atoms with Crippen molar-refractivity contribution in [1.82, 2.24) is 15.2 Å². The zero-order chi connectivity index (χ0) is 27.9. The quantitative estimate of drug-likeness (QED) is 0.258. The number of carboxylic acids is 1. The number of nitrogens with one attached hydrogen (secondary N) is 1. The molecule has 1 saturated carbocycles. The molecule has 1 aromatic heterocycles. The van der Waals surface area contributed by atoms with Crippen molar-refractivity contribution >= 4 is 29.2 Å². The van der Waals surface area contributed by atoms with Crippen LogP contribution in [0.15, 0.2) is 28.3 Å². The number of hydrogen-bond donors (Lipinski definition) is 3. The molecule has 38 heavy (non-hydrogen) atoms. The molecule has 14 heteroatoms. The lowest BCUT2D eigenvalue weighted by Crippen LogP contribution is -2.47. The molecular formula is C24H31F5N6O3. The maximum Gasteiger partial charge on any atom is 0.435 e. The number of carboxylic acid groups (broad SMARTS) is 1. The second kappa shape index (κ2) is 12.6. The second-order valence-electron chi connectivity index (χ2n) is 9.61. The smallest absolute Gasteiger partial charge is 0.435 e. The van der Waals surface area contributed by atoms with Gasteiger partial charge in [0.15, 0.2) is 11.5 Å². The highest BCUT2D eigenvalue weighted by atomic mass is 19.4.